The van der Waals surface area contributed by atoms with Gasteiger partial charge in [-0.15, -0.1) is 0 Å². The number of halogens is 2. The molecule has 6 rings (SSSR count). The van der Waals surface area contributed by atoms with Crippen LogP contribution in [0.2, 0.25) is 10.0 Å². The Labute approximate surface area is 208 Å². The number of ether oxygens (including phenoxy) is 1. The van der Waals surface area contributed by atoms with Gasteiger partial charge in [0.15, 0.2) is 6.23 Å². The smallest absolute Gasteiger partial charge is 0.199 e. The topological polar surface area (TPSA) is 12.5 Å². The third kappa shape index (κ3) is 3.69. The van der Waals surface area contributed by atoms with Crippen molar-refractivity contribution >= 4 is 39.7 Å². The maximum absolute atomic E-state index is 6.77. The third-order valence-electron chi connectivity index (χ3n) is 6.37. The zero-order valence-corrected chi connectivity index (χ0v) is 19.7. The minimum atomic E-state index is -0.339. The minimum absolute atomic E-state index is 0.0878. The lowest BCUT2D eigenvalue weighted by atomic mass is 9.89. The molecule has 0 unspecified atom stereocenters. The first-order valence-electron chi connectivity index (χ1n) is 11.2. The van der Waals surface area contributed by atoms with Crippen molar-refractivity contribution in [1.82, 2.24) is 0 Å². The van der Waals surface area contributed by atoms with E-state index in [9.17, 15) is 0 Å². The largest absolute Gasteiger partial charge is 0.466 e. The van der Waals surface area contributed by atoms with Crippen LogP contribution in [0.4, 0.5) is 5.69 Å². The van der Waals surface area contributed by atoms with Crippen molar-refractivity contribution in [2.24, 2.45) is 0 Å². The van der Waals surface area contributed by atoms with Gasteiger partial charge in [0.2, 0.25) is 0 Å². The van der Waals surface area contributed by atoms with Crippen LogP contribution < -0.4 is 9.64 Å². The summed E-state index contributed by atoms with van der Waals surface area (Å²) in [7, 11) is 0. The van der Waals surface area contributed by atoms with Crippen LogP contribution in [0.15, 0.2) is 115 Å². The first-order chi connectivity index (χ1) is 16.7. The van der Waals surface area contributed by atoms with Gasteiger partial charge in [0.1, 0.15) is 5.75 Å². The van der Waals surface area contributed by atoms with Gasteiger partial charge in [0, 0.05) is 26.9 Å². The monoisotopic (exact) mass is 481 g/mol. The van der Waals surface area contributed by atoms with E-state index in [1.54, 1.807) is 0 Å². The second-order valence-corrected chi connectivity index (χ2v) is 9.29. The van der Waals surface area contributed by atoms with E-state index in [1.165, 1.54) is 10.8 Å². The van der Waals surface area contributed by atoms with Crippen molar-refractivity contribution in [2.75, 3.05) is 4.90 Å². The van der Waals surface area contributed by atoms with Crippen LogP contribution >= 0.6 is 23.2 Å². The number of rotatable bonds is 3. The number of nitrogens with zero attached hydrogens (tertiary/aromatic N) is 1. The van der Waals surface area contributed by atoms with E-state index >= 15 is 0 Å². The predicted octanol–water partition coefficient (Wildman–Crippen LogP) is 8.83. The molecule has 2 nitrogen and oxygen atoms in total. The Morgan fingerprint density at radius 1 is 0.588 bits per heavy atom. The zero-order valence-electron chi connectivity index (χ0n) is 18.2. The van der Waals surface area contributed by atoms with Crippen molar-refractivity contribution in [2.45, 2.75) is 12.3 Å². The van der Waals surface area contributed by atoms with Crippen LogP contribution in [0.1, 0.15) is 29.0 Å². The van der Waals surface area contributed by atoms with E-state index < -0.39 is 0 Å². The molecule has 1 heterocycles. The van der Waals surface area contributed by atoms with Crippen molar-refractivity contribution in [3.8, 4) is 5.75 Å². The summed E-state index contributed by atoms with van der Waals surface area (Å²) in [5.74, 6) is 0.880. The molecule has 2 atom stereocenters. The summed E-state index contributed by atoms with van der Waals surface area (Å²) < 4.78 is 6.77. The number of hydrogen-bond acceptors (Lipinski definition) is 2. The fourth-order valence-electron chi connectivity index (χ4n) is 4.82. The fraction of sp³-hybridized carbons (Fsp3) is 0.0667. The molecule has 5 aromatic carbocycles. The number of para-hydroxylation sites is 1. The Balaban J connectivity index is 1.66. The highest BCUT2D eigenvalue weighted by atomic mass is 35.5. The van der Waals surface area contributed by atoms with Gasteiger partial charge >= 0.3 is 0 Å². The maximum Gasteiger partial charge on any atom is 0.199 e. The zero-order chi connectivity index (χ0) is 23.1. The average molecular weight is 482 g/mol. The van der Waals surface area contributed by atoms with Gasteiger partial charge in [-0.3, -0.25) is 0 Å². The molecule has 1 aliphatic heterocycles. The summed E-state index contributed by atoms with van der Waals surface area (Å²) in [6.45, 7) is 0. The molecule has 0 radical (unpaired) electrons. The molecule has 1 aliphatic rings. The Morgan fingerprint density at radius 3 is 1.91 bits per heavy atom. The molecule has 4 heteroatoms. The quantitative estimate of drug-likeness (QED) is 0.255. The van der Waals surface area contributed by atoms with Gasteiger partial charge in [-0.2, -0.15) is 0 Å². The second kappa shape index (κ2) is 8.72. The Bertz CT molecular complexity index is 1450. The van der Waals surface area contributed by atoms with E-state index in [0.717, 1.165) is 33.1 Å². The van der Waals surface area contributed by atoms with E-state index in [1.807, 2.05) is 42.5 Å². The number of hydrogen-bond donors (Lipinski definition) is 0. The Kier molecular flexibility index (Phi) is 5.41. The van der Waals surface area contributed by atoms with E-state index in [2.05, 4.69) is 77.7 Å². The van der Waals surface area contributed by atoms with Gasteiger partial charge in [0.05, 0.1) is 6.04 Å². The molecule has 5 aromatic rings. The van der Waals surface area contributed by atoms with Crippen LogP contribution in [-0.2, 0) is 0 Å². The van der Waals surface area contributed by atoms with Gasteiger partial charge in [0.25, 0.3) is 0 Å². The fourth-order valence-corrected chi connectivity index (χ4v) is 5.08. The summed E-state index contributed by atoms with van der Waals surface area (Å²) in [5, 5.41) is 3.78. The molecule has 0 aliphatic carbocycles. The van der Waals surface area contributed by atoms with Crippen molar-refractivity contribution in [3.63, 3.8) is 0 Å². The molecular weight excluding hydrogens is 461 g/mol. The van der Waals surface area contributed by atoms with E-state index in [0.29, 0.717) is 5.02 Å². The number of benzene rings is 5. The predicted molar refractivity (Wildman–Crippen MR) is 141 cm³/mol. The molecule has 0 saturated heterocycles. The molecule has 0 aromatic heterocycles. The molecule has 166 valence electrons. The van der Waals surface area contributed by atoms with Crippen molar-refractivity contribution in [1.29, 1.82) is 0 Å². The highest BCUT2D eigenvalue weighted by molar-refractivity contribution is 6.30. The molecule has 34 heavy (non-hydrogen) atoms. The standard InChI is InChI=1S/C30H21Cl2NO/c31-23-15-10-21(11-16-23)29-28-26-9-5-4-6-20(26)14-19-27(28)34-30(22-12-17-24(32)18-13-22)33(29)25-7-2-1-3-8-25/h1-19,29-30H/t29-,30-/m0/s1. The van der Waals surface area contributed by atoms with Gasteiger partial charge in [-0.25, -0.2) is 0 Å². The van der Waals surface area contributed by atoms with Crippen LogP contribution in [0.25, 0.3) is 10.8 Å². The number of anilines is 1. The number of fused-ring (bicyclic) bond motifs is 3. The average Bonchev–Trinajstić information content (AvgIpc) is 2.89. The lowest BCUT2D eigenvalue weighted by molar-refractivity contribution is 0.170. The summed E-state index contributed by atoms with van der Waals surface area (Å²) in [4.78, 5) is 2.35. The normalized spacial score (nSPS) is 17.3. The van der Waals surface area contributed by atoms with Crippen molar-refractivity contribution < 1.29 is 4.74 Å². The Hall–Kier alpha value is -3.46. The first kappa shape index (κ1) is 21.1. The highest BCUT2D eigenvalue weighted by Crippen LogP contribution is 2.50. The third-order valence-corrected chi connectivity index (χ3v) is 6.87. The van der Waals surface area contributed by atoms with Gasteiger partial charge in [-0.1, -0.05) is 96.0 Å². The highest BCUT2D eigenvalue weighted by Gasteiger charge is 2.39. The van der Waals surface area contributed by atoms with Crippen molar-refractivity contribution in [3.05, 3.63) is 142 Å². The molecule has 0 saturated carbocycles. The molecular formula is C30H21Cl2NO. The van der Waals surface area contributed by atoms with E-state index in [4.69, 9.17) is 27.9 Å². The summed E-state index contributed by atoms with van der Waals surface area (Å²) in [5.41, 5.74) is 4.40. The molecule has 0 fully saturated rings. The molecule has 0 bridgehead atoms. The first-order valence-corrected chi connectivity index (χ1v) is 12.0. The van der Waals surface area contributed by atoms with Crippen LogP contribution in [-0.4, -0.2) is 0 Å². The maximum atomic E-state index is 6.77. The Morgan fingerprint density at radius 2 is 1.21 bits per heavy atom. The molecule has 0 spiro atoms. The molecule has 0 amide bonds. The van der Waals surface area contributed by atoms with Crippen LogP contribution in [0.3, 0.4) is 0 Å². The van der Waals surface area contributed by atoms with Crippen LogP contribution in [0, 0.1) is 0 Å². The van der Waals surface area contributed by atoms with Gasteiger partial charge < -0.3 is 9.64 Å². The lowest BCUT2D eigenvalue weighted by Gasteiger charge is -2.45. The summed E-state index contributed by atoms with van der Waals surface area (Å²) >= 11 is 12.5. The molecule has 0 N–H and O–H groups in total. The lowest BCUT2D eigenvalue weighted by Crippen LogP contribution is -2.40. The summed E-state index contributed by atoms with van der Waals surface area (Å²) in [6, 6.07) is 39.0. The second-order valence-electron chi connectivity index (χ2n) is 8.42. The van der Waals surface area contributed by atoms with Crippen LogP contribution in [0.5, 0.6) is 5.75 Å². The van der Waals surface area contributed by atoms with E-state index in [-0.39, 0.29) is 12.3 Å². The summed E-state index contributed by atoms with van der Waals surface area (Å²) in [6.07, 6.45) is -0.339. The SMILES string of the molecule is Clc1ccc([C@H]2c3c(ccc4ccccc34)O[C@@H](c3ccc(Cl)cc3)N2c2ccccc2)cc1. The van der Waals surface area contributed by atoms with Gasteiger partial charge in [-0.05, 0) is 58.8 Å². The minimum Gasteiger partial charge on any atom is -0.466 e.